The van der Waals surface area contributed by atoms with Crippen molar-refractivity contribution in [1.82, 2.24) is 9.80 Å². The van der Waals surface area contributed by atoms with Crippen LogP contribution in [0.1, 0.15) is 22.9 Å². The lowest BCUT2D eigenvalue weighted by molar-refractivity contribution is -0.136. The molecule has 0 unspecified atom stereocenters. The predicted octanol–water partition coefficient (Wildman–Crippen LogP) is 2.60. The molecule has 2 aromatic rings. The van der Waals surface area contributed by atoms with Gasteiger partial charge in [-0.2, -0.15) is 0 Å². The number of ether oxygens (including phenoxy) is 3. The molecule has 3 rings (SSSR count). The minimum Gasteiger partial charge on any atom is -0.491 e. The van der Waals surface area contributed by atoms with Crippen LogP contribution in [0, 0.1) is 12.3 Å². The Morgan fingerprint density at radius 1 is 1.35 bits per heavy atom. The molecule has 0 bridgehead atoms. The van der Waals surface area contributed by atoms with E-state index in [2.05, 4.69) is 17.4 Å². The standard InChI is InChI=1S/C26H34N2O5S/c1-3-14-32-19-21(29)17-27(12-7-15-31-2)18-26(30)28-13-10-25-23(11-16-34-25)24(28)20-33-22-8-5-4-6-9-22/h1,4-6,8-9,11,16,21,24,29H,7,10,12-15,17-20H2,2H3/t21-,24+/m0/s1. The number of terminal acetylenes is 1. The number of thiophene rings is 1. The second-order valence-electron chi connectivity index (χ2n) is 8.23. The predicted molar refractivity (Wildman–Crippen MR) is 133 cm³/mol. The van der Waals surface area contributed by atoms with Crippen LogP contribution >= 0.6 is 11.3 Å². The van der Waals surface area contributed by atoms with Crippen LogP contribution in [0.4, 0.5) is 0 Å². The molecule has 0 radical (unpaired) electrons. The van der Waals surface area contributed by atoms with Gasteiger partial charge >= 0.3 is 0 Å². The lowest BCUT2D eigenvalue weighted by Crippen LogP contribution is -2.48. The largest absolute Gasteiger partial charge is 0.491 e. The Kier molecular flexibility index (Phi) is 10.9. The van der Waals surface area contributed by atoms with E-state index in [1.807, 2.05) is 40.1 Å². The molecule has 2 atom stereocenters. The van der Waals surface area contributed by atoms with Crippen molar-refractivity contribution in [3.8, 4) is 18.1 Å². The third-order valence-electron chi connectivity index (χ3n) is 5.71. The number of hydrogen-bond acceptors (Lipinski definition) is 7. The highest BCUT2D eigenvalue weighted by molar-refractivity contribution is 7.10. The van der Waals surface area contributed by atoms with Gasteiger partial charge in [0, 0.05) is 38.2 Å². The fourth-order valence-electron chi connectivity index (χ4n) is 4.12. The van der Waals surface area contributed by atoms with Crippen molar-refractivity contribution in [1.29, 1.82) is 0 Å². The van der Waals surface area contributed by atoms with Crippen LogP contribution in [0.2, 0.25) is 0 Å². The molecule has 1 amide bonds. The Balaban J connectivity index is 1.66. The summed E-state index contributed by atoms with van der Waals surface area (Å²) >= 11 is 1.73. The Morgan fingerprint density at radius 2 is 2.18 bits per heavy atom. The second-order valence-corrected chi connectivity index (χ2v) is 9.23. The number of aliphatic hydroxyl groups excluding tert-OH is 1. The maximum atomic E-state index is 13.5. The van der Waals surface area contributed by atoms with Gasteiger partial charge in [0.25, 0.3) is 0 Å². The van der Waals surface area contributed by atoms with Crippen molar-refractivity contribution in [3.05, 3.63) is 52.2 Å². The van der Waals surface area contributed by atoms with Crippen LogP contribution in [0.25, 0.3) is 0 Å². The summed E-state index contributed by atoms with van der Waals surface area (Å²) in [7, 11) is 1.65. The Bertz CT molecular complexity index is 913. The van der Waals surface area contributed by atoms with Gasteiger partial charge in [0.15, 0.2) is 0 Å². The highest BCUT2D eigenvalue weighted by Gasteiger charge is 2.33. The summed E-state index contributed by atoms with van der Waals surface area (Å²) in [5.74, 6) is 3.20. The van der Waals surface area contributed by atoms with E-state index in [0.717, 1.165) is 24.2 Å². The molecule has 1 aromatic carbocycles. The quantitative estimate of drug-likeness (QED) is 0.327. The number of rotatable bonds is 14. The molecule has 0 spiro atoms. The number of nitrogens with zero attached hydrogens (tertiary/aromatic N) is 2. The fraction of sp³-hybridized carbons (Fsp3) is 0.500. The smallest absolute Gasteiger partial charge is 0.237 e. The number of para-hydroxylation sites is 1. The van der Waals surface area contributed by atoms with Crippen molar-refractivity contribution >= 4 is 17.2 Å². The van der Waals surface area contributed by atoms with Crippen LogP contribution < -0.4 is 4.74 Å². The number of amides is 1. The molecule has 34 heavy (non-hydrogen) atoms. The molecule has 184 valence electrons. The normalized spacial score (nSPS) is 16.2. The summed E-state index contributed by atoms with van der Waals surface area (Å²) in [5.41, 5.74) is 1.16. The molecule has 1 N–H and O–H groups in total. The van der Waals surface area contributed by atoms with Crippen molar-refractivity contribution in [2.75, 3.05) is 59.7 Å². The number of hydrogen-bond donors (Lipinski definition) is 1. The zero-order valence-corrected chi connectivity index (χ0v) is 20.5. The second kappa shape index (κ2) is 14.1. The fourth-order valence-corrected chi connectivity index (χ4v) is 5.05. The van der Waals surface area contributed by atoms with E-state index in [1.165, 1.54) is 4.88 Å². The molecule has 0 aliphatic carbocycles. The summed E-state index contributed by atoms with van der Waals surface area (Å²) in [6, 6.07) is 11.6. The first-order valence-corrected chi connectivity index (χ1v) is 12.4. The van der Waals surface area contributed by atoms with Crippen LogP contribution in [0.15, 0.2) is 41.8 Å². The summed E-state index contributed by atoms with van der Waals surface area (Å²) in [4.78, 5) is 18.7. The molecule has 8 heteroatoms. The van der Waals surface area contributed by atoms with E-state index in [9.17, 15) is 9.90 Å². The summed E-state index contributed by atoms with van der Waals surface area (Å²) < 4.78 is 16.5. The number of carbonyl (C=O) groups is 1. The van der Waals surface area contributed by atoms with E-state index < -0.39 is 6.10 Å². The summed E-state index contributed by atoms with van der Waals surface area (Å²) in [6.45, 7) is 3.08. The van der Waals surface area contributed by atoms with Crippen LogP contribution in [0.3, 0.4) is 0 Å². The minimum absolute atomic E-state index is 0.0210. The van der Waals surface area contributed by atoms with E-state index >= 15 is 0 Å². The van der Waals surface area contributed by atoms with Gasteiger partial charge in [0.2, 0.25) is 5.91 Å². The van der Waals surface area contributed by atoms with Gasteiger partial charge in [-0.25, -0.2) is 0 Å². The first-order valence-electron chi connectivity index (χ1n) is 11.6. The average Bonchev–Trinajstić information content (AvgIpc) is 3.32. The topological polar surface area (TPSA) is 71.5 Å². The molecule has 0 saturated carbocycles. The first-order chi connectivity index (χ1) is 16.6. The SMILES string of the molecule is C#CCOC[C@@H](O)CN(CCCOC)CC(=O)N1CCc2sccc2[C@H]1COc1ccccc1. The monoisotopic (exact) mass is 486 g/mol. The van der Waals surface area contributed by atoms with Gasteiger partial charge in [-0.05, 0) is 42.0 Å². The molecule has 7 nitrogen and oxygen atoms in total. The molecule has 1 aliphatic rings. The summed E-state index contributed by atoms with van der Waals surface area (Å²) in [6.07, 6.45) is 6.08. The molecule has 1 aromatic heterocycles. The summed E-state index contributed by atoms with van der Waals surface area (Å²) in [5, 5.41) is 12.5. The highest BCUT2D eigenvalue weighted by Crippen LogP contribution is 2.34. The van der Waals surface area contributed by atoms with Gasteiger partial charge in [-0.15, -0.1) is 17.8 Å². The van der Waals surface area contributed by atoms with E-state index in [1.54, 1.807) is 18.4 Å². The van der Waals surface area contributed by atoms with E-state index in [-0.39, 0.29) is 31.7 Å². The van der Waals surface area contributed by atoms with E-state index in [4.69, 9.17) is 20.6 Å². The number of fused-ring (bicyclic) bond motifs is 1. The number of methoxy groups -OCH3 is 1. The molecular formula is C26H34N2O5S. The third kappa shape index (κ3) is 7.83. The zero-order chi connectivity index (χ0) is 24.2. The minimum atomic E-state index is -0.731. The number of carbonyl (C=O) groups excluding carboxylic acids is 1. The van der Waals surface area contributed by atoms with Gasteiger partial charge in [0.1, 0.15) is 19.0 Å². The van der Waals surface area contributed by atoms with Gasteiger partial charge in [0.05, 0.1) is 25.3 Å². The van der Waals surface area contributed by atoms with Gasteiger partial charge in [-0.1, -0.05) is 24.1 Å². The van der Waals surface area contributed by atoms with Crippen molar-refractivity contribution < 1.29 is 24.1 Å². The van der Waals surface area contributed by atoms with Crippen molar-refractivity contribution in [2.45, 2.75) is 25.0 Å². The van der Waals surface area contributed by atoms with Crippen LogP contribution in [-0.4, -0.2) is 86.6 Å². The maximum Gasteiger partial charge on any atom is 0.237 e. The highest BCUT2D eigenvalue weighted by atomic mass is 32.1. The Hall–Kier alpha value is -2.41. The molecule has 0 saturated heterocycles. The van der Waals surface area contributed by atoms with Gasteiger partial charge < -0.3 is 24.2 Å². The molecule has 0 fully saturated rings. The van der Waals surface area contributed by atoms with Gasteiger partial charge in [-0.3, -0.25) is 9.69 Å². The van der Waals surface area contributed by atoms with Crippen LogP contribution in [0.5, 0.6) is 5.75 Å². The van der Waals surface area contributed by atoms with Crippen molar-refractivity contribution in [3.63, 3.8) is 0 Å². The lowest BCUT2D eigenvalue weighted by Gasteiger charge is -2.37. The zero-order valence-electron chi connectivity index (χ0n) is 19.7. The van der Waals surface area contributed by atoms with Crippen LogP contribution in [-0.2, 0) is 20.7 Å². The third-order valence-corrected chi connectivity index (χ3v) is 6.71. The first kappa shape index (κ1) is 26.2. The maximum absolute atomic E-state index is 13.5. The number of benzene rings is 1. The Labute approximate surface area is 206 Å². The van der Waals surface area contributed by atoms with E-state index in [0.29, 0.717) is 32.8 Å². The molecule has 2 heterocycles. The Morgan fingerprint density at radius 3 is 2.94 bits per heavy atom. The number of aliphatic hydroxyl groups is 1. The lowest BCUT2D eigenvalue weighted by atomic mass is 10.0. The molecular weight excluding hydrogens is 452 g/mol. The molecule has 1 aliphatic heterocycles. The average molecular weight is 487 g/mol. The van der Waals surface area contributed by atoms with Crippen molar-refractivity contribution in [2.24, 2.45) is 0 Å².